The van der Waals surface area contributed by atoms with E-state index in [0.29, 0.717) is 24.5 Å². The van der Waals surface area contributed by atoms with E-state index in [9.17, 15) is 19.2 Å². The van der Waals surface area contributed by atoms with Crippen molar-refractivity contribution in [1.82, 2.24) is 40.0 Å². The average Bonchev–Trinajstić information content (AvgIpc) is 4.14. The standard InChI is InChI=1S/C48H52N8O6/c1-29(2)41(53-47(59)61-5)45(57)55-23-9-13-39(55)43-50-28-38(52-43)36-22-21-34-25-33(19-20-35(34)26-36)30-15-17-31(18-16-30)37-27-49-44(51-37)40-14-10-24-56(40)46(58)42(62-48(60)54(3)4)32-11-7-6-8-12-32/h6-8,11-12,15-22,25-29,39-42H,9-10,13-14,23-24H2,1-5H3,(H,49,51)(H,50,52)(H,53,59). The Balaban J connectivity index is 0.942. The van der Waals surface area contributed by atoms with Gasteiger partial charge in [0.1, 0.15) is 17.7 Å². The van der Waals surface area contributed by atoms with Crippen LogP contribution in [0.25, 0.3) is 44.4 Å². The second kappa shape index (κ2) is 17.9. The van der Waals surface area contributed by atoms with E-state index in [4.69, 9.17) is 19.4 Å². The second-order valence-electron chi connectivity index (χ2n) is 16.5. The zero-order chi connectivity index (χ0) is 43.5. The molecule has 6 aromatic rings. The average molecular weight is 837 g/mol. The van der Waals surface area contributed by atoms with Gasteiger partial charge in [0.05, 0.1) is 43.0 Å². The molecule has 0 spiro atoms. The Hall–Kier alpha value is -6.96. The number of nitrogens with zero attached hydrogens (tertiary/aromatic N) is 5. The summed E-state index contributed by atoms with van der Waals surface area (Å²) in [7, 11) is 4.48. The minimum atomic E-state index is -1.06. The molecule has 4 amide bonds. The molecule has 4 heterocycles. The third-order valence-electron chi connectivity index (χ3n) is 11.9. The van der Waals surface area contributed by atoms with Crippen LogP contribution < -0.4 is 5.32 Å². The highest BCUT2D eigenvalue weighted by atomic mass is 16.6. The van der Waals surface area contributed by atoms with Crippen molar-refractivity contribution in [3.8, 4) is 33.6 Å². The van der Waals surface area contributed by atoms with E-state index in [1.165, 1.54) is 12.0 Å². The summed E-state index contributed by atoms with van der Waals surface area (Å²) >= 11 is 0. The maximum atomic E-state index is 14.0. The van der Waals surface area contributed by atoms with Gasteiger partial charge in [-0.25, -0.2) is 19.6 Å². The lowest BCUT2D eigenvalue weighted by molar-refractivity contribution is -0.142. The van der Waals surface area contributed by atoms with E-state index in [2.05, 4.69) is 75.9 Å². The van der Waals surface area contributed by atoms with Gasteiger partial charge in [0.2, 0.25) is 12.0 Å². The lowest BCUT2D eigenvalue weighted by atomic mass is 9.98. The van der Waals surface area contributed by atoms with E-state index in [0.717, 1.165) is 75.9 Å². The summed E-state index contributed by atoms with van der Waals surface area (Å²) in [6.45, 7) is 4.94. The van der Waals surface area contributed by atoms with Gasteiger partial charge in [-0.2, -0.15) is 0 Å². The highest BCUT2D eigenvalue weighted by Gasteiger charge is 2.39. The third kappa shape index (κ3) is 8.63. The predicted octanol–water partition coefficient (Wildman–Crippen LogP) is 8.43. The first-order chi connectivity index (χ1) is 30.0. The first-order valence-electron chi connectivity index (χ1n) is 21.1. The van der Waals surface area contributed by atoms with Gasteiger partial charge in [-0.3, -0.25) is 9.59 Å². The Kier molecular flexibility index (Phi) is 12.1. The lowest BCUT2D eigenvalue weighted by Crippen LogP contribution is -2.51. The molecule has 4 aromatic carbocycles. The van der Waals surface area contributed by atoms with E-state index in [1.54, 1.807) is 37.3 Å². The molecule has 2 fully saturated rings. The van der Waals surface area contributed by atoms with Crippen LogP contribution in [0.15, 0.2) is 103 Å². The first kappa shape index (κ1) is 41.8. The maximum Gasteiger partial charge on any atom is 0.410 e. The number of carbonyl (C=O) groups excluding carboxylic acids is 4. The third-order valence-corrected chi connectivity index (χ3v) is 11.9. The first-order valence-corrected chi connectivity index (χ1v) is 21.1. The molecular formula is C48H52N8O6. The van der Waals surface area contributed by atoms with Crippen molar-refractivity contribution in [3.05, 3.63) is 121 Å². The Morgan fingerprint density at radius 1 is 0.710 bits per heavy atom. The summed E-state index contributed by atoms with van der Waals surface area (Å²) in [6.07, 6.45) is 4.53. The number of aromatic nitrogens is 4. The van der Waals surface area contributed by atoms with E-state index < -0.39 is 24.3 Å². The van der Waals surface area contributed by atoms with Crippen molar-refractivity contribution in [2.75, 3.05) is 34.3 Å². The molecule has 8 rings (SSSR count). The molecule has 3 N–H and O–H groups in total. The van der Waals surface area contributed by atoms with Crippen LogP contribution in [-0.4, -0.2) is 99.0 Å². The molecule has 14 nitrogen and oxygen atoms in total. The highest BCUT2D eigenvalue weighted by Crippen LogP contribution is 2.37. The molecule has 62 heavy (non-hydrogen) atoms. The number of hydrogen-bond acceptors (Lipinski definition) is 8. The van der Waals surface area contributed by atoms with E-state index >= 15 is 0 Å². The van der Waals surface area contributed by atoms with Crippen LogP contribution in [0, 0.1) is 5.92 Å². The molecule has 4 atom stereocenters. The zero-order valence-corrected chi connectivity index (χ0v) is 35.6. The lowest BCUT2D eigenvalue weighted by Gasteiger charge is -2.30. The Bertz CT molecular complexity index is 2570. The number of likely N-dealkylation sites (tertiary alicyclic amines) is 2. The van der Waals surface area contributed by atoms with Crippen LogP contribution in [0.2, 0.25) is 0 Å². The molecule has 4 unspecified atom stereocenters. The van der Waals surface area contributed by atoms with Crippen molar-refractivity contribution in [1.29, 1.82) is 0 Å². The summed E-state index contributed by atoms with van der Waals surface area (Å²) in [5, 5.41) is 4.89. The van der Waals surface area contributed by atoms with Crippen molar-refractivity contribution in [2.24, 2.45) is 5.92 Å². The number of aromatic amines is 2. The quantitative estimate of drug-likeness (QED) is 0.117. The topological polar surface area (TPSA) is 166 Å². The minimum absolute atomic E-state index is 0.108. The maximum absolute atomic E-state index is 14.0. The molecule has 2 aliphatic rings. The number of ether oxygens (including phenoxy) is 2. The smallest absolute Gasteiger partial charge is 0.410 e. The number of benzene rings is 4. The van der Waals surface area contributed by atoms with E-state index in [-0.39, 0.29) is 29.8 Å². The van der Waals surface area contributed by atoms with Crippen molar-refractivity contribution >= 4 is 34.8 Å². The molecule has 2 aromatic heterocycles. The normalized spacial score (nSPS) is 17.3. The fourth-order valence-electron chi connectivity index (χ4n) is 8.49. The number of methoxy groups -OCH3 is 1. The number of alkyl carbamates (subject to hydrolysis) is 1. The minimum Gasteiger partial charge on any atom is -0.453 e. The number of hydrogen-bond donors (Lipinski definition) is 3. The zero-order valence-electron chi connectivity index (χ0n) is 35.6. The van der Waals surface area contributed by atoms with Gasteiger partial charge in [-0.1, -0.05) is 92.7 Å². The van der Waals surface area contributed by atoms with Crippen LogP contribution in [0.3, 0.4) is 0 Å². The molecule has 0 aliphatic carbocycles. The largest absolute Gasteiger partial charge is 0.453 e. The van der Waals surface area contributed by atoms with Crippen LogP contribution in [-0.2, 0) is 19.1 Å². The van der Waals surface area contributed by atoms with Crippen molar-refractivity contribution in [3.63, 3.8) is 0 Å². The summed E-state index contributed by atoms with van der Waals surface area (Å²) in [4.78, 5) is 73.5. The number of fused-ring (bicyclic) bond motifs is 1. The molecule has 2 aliphatic heterocycles. The number of nitrogens with one attached hydrogen (secondary N) is 3. The van der Waals surface area contributed by atoms with Gasteiger partial charge in [0.25, 0.3) is 5.91 Å². The van der Waals surface area contributed by atoms with Crippen LogP contribution >= 0.6 is 0 Å². The van der Waals surface area contributed by atoms with Gasteiger partial charge in [-0.15, -0.1) is 0 Å². The SMILES string of the molecule is COC(=O)NC(C(=O)N1CCCC1c1ncc(-c2ccc3cc(-c4ccc(-c5cnc(C6CCCN6C(=O)C(OC(=O)N(C)C)c6ccccc6)[nH]5)cc4)ccc3c2)[nH]1)C(C)C. The van der Waals surface area contributed by atoms with Gasteiger partial charge in [0, 0.05) is 38.3 Å². The molecule has 0 bridgehead atoms. The van der Waals surface area contributed by atoms with Crippen molar-refractivity contribution in [2.45, 2.75) is 63.8 Å². The number of carbonyl (C=O) groups is 4. The Labute approximate surface area is 360 Å². The van der Waals surface area contributed by atoms with Crippen LogP contribution in [0.1, 0.15) is 74.9 Å². The summed E-state index contributed by atoms with van der Waals surface area (Å²) < 4.78 is 10.5. The Morgan fingerprint density at radius 2 is 1.24 bits per heavy atom. The number of H-pyrrole nitrogens is 2. The van der Waals surface area contributed by atoms with Gasteiger partial charge >= 0.3 is 12.2 Å². The predicted molar refractivity (Wildman–Crippen MR) is 235 cm³/mol. The highest BCUT2D eigenvalue weighted by molar-refractivity contribution is 5.91. The summed E-state index contributed by atoms with van der Waals surface area (Å²) in [5.74, 6) is 0.903. The van der Waals surface area contributed by atoms with Crippen LogP contribution in [0.4, 0.5) is 9.59 Å². The summed E-state index contributed by atoms with van der Waals surface area (Å²) in [6, 6.07) is 29.0. The molecule has 2 saturated heterocycles. The number of amides is 4. The van der Waals surface area contributed by atoms with Gasteiger partial charge in [0.15, 0.2) is 0 Å². The molecular weight excluding hydrogens is 785 g/mol. The fourth-order valence-corrected chi connectivity index (χ4v) is 8.49. The monoisotopic (exact) mass is 836 g/mol. The van der Waals surface area contributed by atoms with Crippen molar-refractivity contribution < 1.29 is 28.7 Å². The molecule has 0 saturated carbocycles. The number of rotatable bonds is 11. The van der Waals surface area contributed by atoms with Gasteiger partial charge in [-0.05, 0) is 71.2 Å². The molecule has 14 heteroatoms. The number of imidazole rings is 2. The Morgan fingerprint density at radius 3 is 1.82 bits per heavy atom. The van der Waals surface area contributed by atoms with Crippen LogP contribution in [0.5, 0.6) is 0 Å². The van der Waals surface area contributed by atoms with Gasteiger partial charge < -0.3 is 39.5 Å². The molecule has 320 valence electrons. The van der Waals surface area contributed by atoms with E-state index in [1.807, 2.05) is 43.1 Å². The fraction of sp³-hybridized carbons (Fsp3) is 0.333. The molecule has 0 radical (unpaired) electrons. The summed E-state index contributed by atoms with van der Waals surface area (Å²) in [5.41, 5.74) is 6.45. The second-order valence-corrected chi connectivity index (χ2v) is 16.5.